The van der Waals surface area contributed by atoms with Crippen LogP contribution in [0.1, 0.15) is 23.4 Å². The van der Waals surface area contributed by atoms with Gasteiger partial charge >= 0.3 is 0 Å². The fraction of sp³-hybridized carbons (Fsp3) is 0.444. The van der Waals surface area contributed by atoms with Gasteiger partial charge in [-0.1, -0.05) is 22.8 Å². The van der Waals surface area contributed by atoms with Crippen LogP contribution in [0.15, 0.2) is 33.7 Å². The van der Waals surface area contributed by atoms with Gasteiger partial charge in [0, 0.05) is 43.2 Å². The molecule has 2 heterocycles. The molecule has 0 saturated carbocycles. The number of hydrogen-bond donors (Lipinski definition) is 0. The minimum atomic E-state index is -3.60. The third-order valence-corrected chi connectivity index (χ3v) is 6.93. The van der Waals surface area contributed by atoms with Crippen molar-refractivity contribution in [3.05, 3.63) is 46.3 Å². The van der Waals surface area contributed by atoms with Gasteiger partial charge in [-0.15, -0.1) is 0 Å². The largest absolute Gasteiger partial charge is 0.361 e. The van der Waals surface area contributed by atoms with Gasteiger partial charge < -0.3 is 9.42 Å². The molecule has 1 aliphatic rings. The highest BCUT2D eigenvalue weighted by Gasteiger charge is 2.30. The summed E-state index contributed by atoms with van der Waals surface area (Å²) in [6.45, 7) is 4.98. The van der Waals surface area contributed by atoms with Crippen LogP contribution >= 0.6 is 11.6 Å². The fourth-order valence-electron chi connectivity index (χ4n) is 3.20. The van der Waals surface area contributed by atoms with Crippen molar-refractivity contribution in [1.29, 1.82) is 0 Å². The number of piperazine rings is 1. The molecule has 1 amide bonds. The Morgan fingerprint density at radius 2 is 1.93 bits per heavy atom. The van der Waals surface area contributed by atoms with Crippen LogP contribution in [0.3, 0.4) is 0 Å². The summed E-state index contributed by atoms with van der Waals surface area (Å²) >= 11 is 5.91. The first-order valence-electron chi connectivity index (χ1n) is 8.74. The topological polar surface area (TPSA) is 83.7 Å². The van der Waals surface area contributed by atoms with Crippen molar-refractivity contribution < 1.29 is 17.7 Å². The van der Waals surface area contributed by atoms with E-state index in [2.05, 4.69) is 5.16 Å². The lowest BCUT2D eigenvalue weighted by molar-refractivity contribution is -0.132. The van der Waals surface area contributed by atoms with E-state index in [-0.39, 0.29) is 23.9 Å². The highest BCUT2D eigenvalue weighted by Crippen LogP contribution is 2.21. The first kappa shape index (κ1) is 19.9. The molecule has 0 aliphatic carbocycles. The molecule has 2 aromatic rings. The second-order valence-corrected chi connectivity index (χ2v) is 8.92. The summed E-state index contributed by atoms with van der Waals surface area (Å²) in [6, 6.07) is 6.22. The van der Waals surface area contributed by atoms with Crippen LogP contribution in [0.4, 0.5) is 0 Å². The lowest BCUT2D eigenvalue weighted by Gasteiger charge is -2.34. The van der Waals surface area contributed by atoms with Crippen LogP contribution in [-0.4, -0.2) is 54.9 Å². The van der Waals surface area contributed by atoms with Crippen molar-refractivity contribution >= 4 is 27.5 Å². The highest BCUT2D eigenvalue weighted by atomic mass is 35.5. The maximum atomic E-state index is 12.7. The van der Waals surface area contributed by atoms with Crippen molar-refractivity contribution in [3.63, 3.8) is 0 Å². The Balaban J connectivity index is 1.57. The number of nitrogens with zero attached hydrogens (tertiary/aromatic N) is 3. The average Bonchev–Trinajstić information content (AvgIpc) is 2.97. The molecule has 0 atom stereocenters. The first-order valence-corrected chi connectivity index (χ1v) is 10.6. The summed E-state index contributed by atoms with van der Waals surface area (Å²) in [5.41, 5.74) is 1.77. The zero-order valence-electron chi connectivity index (χ0n) is 15.3. The summed E-state index contributed by atoms with van der Waals surface area (Å²) < 4.78 is 32.0. The summed E-state index contributed by atoms with van der Waals surface area (Å²) in [5.74, 6) is 0.743. The third-order valence-electron chi connectivity index (χ3n) is 4.80. The van der Waals surface area contributed by atoms with E-state index in [9.17, 15) is 13.2 Å². The second-order valence-electron chi connectivity index (χ2n) is 6.54. The Hall–Kier alpha value is -1.90. The third kappa shape index (κ3) is 4.34. The first-order chi connectivity index (χ1) is 12.8. The van der Waals surface area contributed by atoms with Gasteiger partial charge in [0.25, 0.3) is 0 Å². The van der Waals surface area contributed by atoms with E-state index >= 15 is 0 Å². The molecule has 3 rings (SSSR count). The molecule has 27 heavy (non-hydrogen) atoms. The average molecular weight is 412 g/mol. The summed E-state index contributed by atoms with van der Waals surface area (Å²) in [6.07, 6.45) is 0.922. The molecular formula is C18H22ClN3O4S. The number of benzene rings is 1. The molecule has 0 N–H and O–H groups in total. The monoisotopic (exact) mass is 411 g/mol. The number of carbonyl (C=O) groups excluding carboxylic acids is 1. The Labute approximate surface area is 163 Å². The van der Waals surface area contributed by atoms with Crippen molar-refractivity contribution in [2.24, 2.45) is 0 Å². The Morgan fingerprint density at radius 1 is 1.22 bits per heavy atom. The van der Waals surface area contributed by atoms with Gasteiger partial charge in [-0.3, -0.25) is 4.79 Å². The Morgan fingerprint density at radius 3 is 2.52 bits per heavy atom. The molecule has 0 radical (unpaired) electrons. The van der Waals surface area contributed by atoms with E-state index in [0.717, 1.165) is 17.0 Å². The van der Waals surface area contributed by atoms with Crippen LogP contribution in [0.5, 0.6) is 0 Å². The molecule has 0 spiro atoms. The molecule has 1 aromatic carbocycles. The SMILES string of the molecule is Cc1noc(C)c1CCC(=O)N1CCN(S(=O)(=O)c2cccc(Cl)c2)CC1. The number of carbonyl (C=O) groups is 1. The number of amides is 1. The molecule has 7 nitrogen and oxygen atoms in total. The van der Waals surface area contributed by atoms with Crippen LogP contribution in [0.2, 0.25) is 5.02 Å². The normalized spacial score (nSPS) is 15.9. The van der Waals surface area contributed by atoms with Crippen molar-refractivity contribution in [2.45, 2.75) is 31.6 Å². The molecule has 0 unspecified atom stereocenters. The van der Waals surface area contributed by atoms with Crippen LogP contribution in [-0.2, 0) is 21.2 Å². The van der Waals surface area contributed by atoms with Crippen LogP contribution in [0, 0.1) is 13.8 Å². The molecule has 1 aromatic heterocycles. The molecular weight excluding hydrogens is 390 g/mol. The Kier molecular flexibility index (Phi) is 5.88. The standard InChI is InChI=1S/C18H22ClN3O4S/c1-13-17(14(2)26-20-13)6-7-18(23)21-8-10-22(11-9-21)27(24,25)16-5-3-4-15(19)12-16/h3-5,12H,6-11H2,1-2H3. The van der Waals surface area contributed by atoms with Gasteiger partial charge in [0.15, 0.2) is 0 Å². The molecule has 9 heteroatoms. The fourth-order valence-corrected chi connectivity index (χ4v) is 4.93. The predicted molar refractivity (Wildman–Crippen MR) is 101 cm³/mol. The minimum absolute atomic E-state index is 0.00908. The van der Waals surface area contributed by atoms with Crippen LogP contribution < -0.4 is 0 Å². The smallest absolute Gasteiger partial charge is 0.243 e. The summed E-state index contributed by atoms with van der Waals surface area (Å²) in [7, 11) is -3.60. The van der Waals surface area contributed by atoms with E-state index in [1.54, 1.807) is 17.0 Å². The van der Waals surface area contributed by atoms with Gasteiger partial charge in [-0.25, -0.2) is 8.42 Å². The zero-order chi connectivity index (χ0) is 19.6. The second kappa shape index (κ2) is 8.00. The lowest BCUT2D eigenvalue weighted by Crippen LogP contribution is -2.50. The van der Waals surface area contributed by atoms with Crippen molar-refractivity contribution in [1.82, 2.24) is 14.4 Å². The van der Waals surface area contributed by atoms with Gasteiger partial charge in [0.05, 0.1) is 10.6 Å². The van der Waals surface area contributed by atoms with E-state index in [1.165, 1.54) is 16.4 Å². The van der Waals surface area contributed by atoms with Crippen molar-refractivity contribution in [2.75, 3.05) is 26.2 Å². The summed E-state index contributed by atoms with van der Waals surface area (Å²) in [5, 5.41) is 4.27. The maximum absolute atomic E-state index is 12.7. The van der Waals surface area contributed by atoms with Crippen LogP contribution in [0.25, 0.3) is 0 Å². The lowest BCUT2D eigenvalue weighted by atomic mass is 10.1. The van der Waals surface area contributed by atoms with E-state index in [0.29, 0.717) is 31.0 Å². The Bertz CT molecular complexity index is 914. The number of aromatic nitrogens is 1. The molecule has 1 aliphatic heterocycles. The van der Waals surface area contributed by atoms with Gasteiger partial charge in [-0.2, -0.15) is 4.31 Å². The highest BCUT2D eigenvalue weighted by molar-refractivity contribution is 7.89. The van der Waals surface area contributed by atoms with Gasteiger partial charge in [-0.05, 0) is 38.5 Å². The molecule has 1 saturated heterocycles. The quantitative estimate of drug-likeness (QED) is 0.754. The number of hydrogen-bond acceptors (Lipinski definition) is 5. The van der Waals surface area contributed by atoms with Crippen molar-refractivity contribution in [3.8, 4) is 0 Å². The van der Waals surface area contributed by atoms with E-state index < -0.39 is 10.0 Å². The molecule has 1 fully saturated rings. The predicted octanol–water partition coefficient (Wildman–Crippen LogP) is 2.41. The molecule has 146 valence electrons. The number of halogens is 1. The molecule has 0 bridgehead atoms. The van der Waals surface area contributed by atoms with E-state index in [1.807, 2.05) is 13.8 Å². The summed E-state index contributed by atoms with van der Waals surface area (Å²) in [4.78, 5) is 14.4. The number of sulfonamides is 1. The zero-order valence-corrected chi connectivity index (χ0v) is 16.9. The van der Waals surface area contributed by atoms with Gasteiger partial charge in [0.1, 0.15) is 5.76 Å². The number of aryl methyl sites for hydroxylation is 2. The minimum Gasteiger partial charge on any atom is -0.361 e. The maximum Gasteiger partial charge on any atom is 0.243 e. The van der Waals surface area contributed by atoms with E-state index in [4.69, 9.17) is 16.1 Å². The number of rotatable bonds is 5. The van der Waals surface area contributed by atoms with Gasteiger partial charge in [0.2, 0.25) is 15.9 Å².